The third kappa shape index (κ3) is 2.77. The average Bonchev–Trinajstić information content (AvgIpc) is 2.61. The predicted molar refractivity (Wildman–Crippen MR) is 101 cm³/mol. The van der Waals surface area contributed by atoms with Crippen LogP contribution < -0.4 is 14.4 Å². The van der Waals surface area contributed by atoms with Crippen LogP contribution in [0.1, 0.15) is 5.56 Å². The minimum atomic E-state index is -0.269. The first kappa shape index (κ1) is 15.2. The Labute approximate surface area is 146 Å². The van der Waals surface area contributed by atoms with E-state index in [4.69, 9.17) is 10.7 Å². The van der Waals surface area contributed by atoms with E-state index < -0.39 is 0 Å². The van der Waals surface area contributed by atoms with Crippen molar-refractivity contribution >= 4 is 51.9 Å². The zero-order valence-corrected chi connectivity index (χ0v) is 14.9. The van der Waals surface area contributed by atoms with Crippen molar-refractivity contribution in [2.24, 2.45) is 0 Å². The number of rotatable bonds is 3. The number of aliphatic hydroxyl groups excluding tert-OH is 1. The first-order valence-electron chi connectivity index (χ1n) is 7.74. The fourth-order valence-corrected chi connectivity index (χ4v) is 5.69. The van der Waals surface area contributed by atoms with E-state index in [1.54, 1.807) is 0 Å². The number of para-hydroxylation sites is 2. The van der Waals surface area contributed by atoms with Gasteiger partial charge in [0.25, 0.3) is 0 Å². The van der Waals surface area contributed by atoms with Gasteiger partial charge in [-0.25, -0.2) is 0 Å². The van der Waals surface area contributed by atoms with Gasteiger partial charge in [0, 0.05) is 0 Å². The fraction of sp³-hybridized carbons (Fsp3) is 0.0500. The van der Waals surface area contributed by atoms with Crippen molar-refractivity contribution < 1.29 is 5.11 Å². The Balaban J connectivity index is 1.95. The van der Waals surface area contributed by atoms with Crippen LogP contribution in [0, 0.1) is 0 Å². The van der Waals surface area contributed by atoms with Gasteiger partial charge in [0.05, 0.1) is 0 Å². The number of aromatic nitrogens is 1. The van der Waals surface area contributed by atoms with E-state index in [-0.39, 0.29) is 22.4 Å². The summed E-state index contributed by atoms with van der Waals surface area (Å²) in [6.45, 7) is 0.0109. The molecule has 4 aromatic rings. The molecular formula is C20H16AsN2O. The standard InChI is InChI=1S/C20H16AsN2O/c22-15-10-13(12-24)9-14(11-15)21-20-16-5-1-3-7-18(16)23-19-8-4-2-6-17(19)20/h1-11,24H,12,22H2. The van der Waals surface area contributed by atoms with Crippen LogP contribution in [0.5, 0.6) is 0 Å². The maximum absolute atomic E-state index is 9.44. The van der Waals surface area contributed by atoms with Crippen molar-refractivity contribution in [3.05, 3.63) is 72.3 Å². The van der Waals surface area contributed by atoms with Crippen LogP contribution in [-0.2, 0) is 6.61 Å². The third-order valence-electron chi connectivity index (χ3n) is 3.98. The number of anilines is 1. The average molecular weight is 375 g/mol. The monoisotopic (exact) mass is 375 g/mol. The molecule has 0 fully saturated rings. The van der Waals surface area contributed by atoms with E-state index in [2.05, 4.69) is 42.5 Å². The molecule has 24 heavy (non-hydrogen) atoms. The molecule has 1 heterocycles. The van der Waals surface area contributed by atoms with Crippen molar-refractivity contribution in [2.45, 2.75) is 6.61 Å². The van der Waals surface area contributed by atoms with Gasteiger partial charge >= 0.3 is 147 Å². The molecule has 4 heteroatoms. The number of nitrogens with two attached hydrogens (primary N) is 1. The number of benzene rings is 3. The molecule has 1 aromatic heterocycles. The van der Waals surface area contributed by atoms with Crippen LogP contribution in [0.2, 0.25) is 0 Å². The number of hydrogen-bond acceptors (Lipinski definition) is 3. The van der Waals surface area contributed by atoms with Crippen molar-refractivity contribution in [3.63, 3.8) is 0 Å². The number of fused-ring (bicyclic) bond motifs is 2. The van der Waals surface area contributed by atoms with Crippen molar-refractivity contribution in [1.82, 2.24) is 4.98 Å². The van der Waals surface area contributed by atoms with E-state index in [9.17, 15) is 5.11 Å². The molecule has 3 aromatic carbocycles. The zero-order valence-electron chi connectivity index (χ0n) is 13.0. The molecule has 0 aliphatic heterocycles. The Morgan fingerprint density at radius 1 is 0.875 bits per heavy atom. The van der Waals surface area contributed by atoms with Crippen LogP contribution >= 0.6 is 0 Å². The SMILES string of the molecule is Nc1cc(CO)cc([As]c2c3ccccc3nc3ccccc23)c1. The first-order chi connectivity index (χ1) is 11.7. The Hall–Kier alpha value is -2.35. The summed E-state index contributed by atoms with van der Waals surface area (Å²) in [6, 6.07) is 22.5. The van der Waals surface area contributed by atoms with Gasteiger partial charge in [0.1, 0.15) is 0 Å². The molecule has 0 aliphatic carbocycles. The van der Waals surface area contributed by atoms with Crippen LogP contribution in [0.25, 0.3) is 21.8 Å². The van der Waals surface area contributed by atoms with Crippen LogP contribution in [0.4, 0.5) is 5.69 Å². The summed E-state index contributed by atoms with van der Waals surface area (Å²) < 4.78 is 2.53. The minimum absolute atomic E-state index is 0.0109. The predicted octanol–water partition coefficient (Wildman–Crippen LogP) is 2.12. The third-order valence-corrected chi connectivity index (χ3v) is 6.55. The second kappa shape index (κ2) is 6.27. The van der Waals surface area contributed by atoms with Gasteiger partial charge < -0.3 is 0 Å². The summed E-state index contributed by atoms with van der Waals surface area (Å²) in [5.74, 6) is 0. The zero-order chi connectivity index (χ0) is 16.5. The second-order valence-electron chi connectivity index (χ2n) is 5.70. The molecule has 0 unspecified atom stereocenters. The van der Waals surface area contributed by atoms with Crippen molar-refractivity contribution in [1.29, 1.82) is 0 Å². The van der Waals surface area contributed by atoms with E-state index in [0.29, 0.717) is 5.69 Å². The molecule has 3 N–H and O–H groups in total. The molecule has 0 saturated carbocycles. The summed E-state index contributed by atoms with van der Waals surface area (Å²) in [5, 5.41) is 11.8. The molecule has 0 amide bonds. The quantitative estimate of drug-likeness (QED) is 0.328. The molecule has 0 bridgehead atoms. The van der Waals surface area contributed by atoms with Crippen LogP contribution in [-0.4, -0.2) is 25.8 Å². The fourth-order valence-electron chi connectivity index (χ4n) is 2.92. The van der Waals surface area contributed by atoms with Gasteiger partial charge in [-0.05, 0) is 0 Å². The molecule has 0 spiro atoms. The Morgan fingerprint density at radius 2 is 1.50 bits per heavy atom. The summed E-state index contributed by atoms with van der Waals surface area (Å²) in [7, 11) is 0. The van der Waals surface area contributed by atoms with Gasteiger partial charge in [-0.2, -0.15) is 0 Å². The van der Waals surface area contributed by atoms with Gasteiger partial charge in [-0.3, -0.25) is 0 Å². The maximum atomic E-state index is 9.44. The van der Waals surface area contributed by atoms with E-state index in [0.717, 1.165) is 16.6 Å². The summed E-state index contributed by atoms with van der Waals surface area (Å²) in [5.41, 5.74) is 9.61. The van der Waals surface area contributed by atoms with Gasteiger partial charge in [0.15, 0.2) is 0 Å². The second-order valence-corrected chi connectivity index (χ2v) is 8.19. The van der Waals surface area contributed by atoms with Crippen molar-refractivity contribution in [3.8, 4) is 0 Å². The number of pyridine rings is 1. The number of aliphatic hydroxyl groups is 1. The molecule has 3 nitrogen and oxygen atoms in total. The van der Waals surface area contributed by atoms with Crippen molar-refractivity contribution in [2.75, 3.05) is 5.73 Å². The number of hydrogen-bond donors (Lipinski definition) is 2. The molecule has 0 aliphatic rings. The Bertz CT molecular complexity index is 992. The molecule has 117 valence electrons. The summed E-state index contributed by atoms with van der Waals surface area (Å²) >= 11 is -0.269. The number of nitrogen functional groups attached to an aromatic ring is 1. The van der Waals surface area contributed by atoms with Crippen LogP contribution in [0.3, 0.4) is 0 Å². The van der Waals surface area contributed by atoms with Crippen LogP contribution in [0.15, 0.2) is 66.7 Å². The molecule has 0 saturated heterocycles. The van der Waals surface area contributed by atoms with Gasteiger partial charge in [-0.1, -0.05) is 0 Å². The van der Waals surface area contributed by atoms with E-state index in [1.807, 2.05) is 24.3 Å². The molecule has 1 radical (unpaired) electrons. The summed E-state index contributed by atoms with van der Waals surface area (Å²) in [4.78, 5) is 4.78. The number of nitrogens with zero attached hydrogens (tertiary/aromatic N) is 1. The van der Waals surface area contributed by atoms with Gasteiger partial charge in [0.2, 0.25) is 0 Å². The Kier molecular flexibility index (Phi) is 3.97. The molecular weight excluding hydrogens is 359 g/mol. The summed E-state index contributed by atoms with van der Waals surface area (Å²) in [6.07, 6.45) is 0. The first-order valence-corrected chi connectivity index (χ1v) is 9.62. The molecule has 0 atom stereocenters. The Morgan fingerprint density at radius 3 is 2.12 bits per heavy atom. The molecule has 4 rings (SSSR count). The normalized spacial score (nSPS) is 11.7. The van der Waals surface area contributed by atoms with E-state index >= 15 is 0 Å². The van der Waals surface area contributed by atoms with E-state index in [1.165, 1.54) is 19.5 Å². The topological polar surface area (TPSA) is 59.1 Å². The van der Waals surface area contributed by atoms with Gasteiger partial charge in [-0.15, -0.1) is 0 Å².